The van der Waals surface area contributed by atoms with E-state index in [9.17, 15) is 0 Å². The zero-order valence-corrected chi connectivity index (χ0v) is 12.0. The molecule has 1 rings (SSSR count). The average molecular weight is 248 g/mol. The molecule has 0 spiro atoms. The summed E-state index contributed by atoms with van der Waals surface area (Å²) in [5.41, 5.74) is 2.40. The Morgan fingerprint density at radius 1 is 0.889 bits per heavy atom. The van der Waals surface area contributed by atoms with Crippen LogP contribution in [0.4, 0.5) is 5.69 Å². The summed E-state index contributed by atoms with van der Waals surface area (Å²) >= 11 is 0. The molecule has 0 saturated carbocycles. The van der Waals surface area contributed by atoms with Crippen LogP contribution in [0, 0.1) is 6.92 Å². The van der Waals surface area contributed by atoms with Crippen molar-refractivity contribution in [3.63, 3.8) is 0 Å². The van der Waals surface area contributed by atoms with E-state index in [-0.39, 0.29) is 0 Å². The highest BCUT2D eigenvalue weighted by molar-refractivity contribution is 5.45. The van der Waals surface area contributed by atoms with Gasteiger partial charge in [0.2, 0.25) is 0 Å². The smallest absolute Gasteiger partial charge is 0.0517 e. The second-order valence-corrected chi connectivity index (χ2v) is 5.15. The van der Waals surface area contributed by atoms with E-state index in [1.165, 1.54) is 50.5 Å². The van der Waals surface area contributed by atoms with Crippen LogP contribution >= 0.6 is 0 Å². The normalized spacial score (nSPS) is 10.6. The third-order valence-corrected chi connectivity index (χ3v) is 3.37. The molecule has 0 fully saturated rings. The minimum Gasteiger partial charge on any atom is -0.311 e. The van der Waals surface area contributed by atoms with Gasteiger partial charge in [0.25, 0.3) is 0 Å². The number of nitrogens with zero attached hydrogens (tertiary/aromatic N) is 1. The van der Waals surface area contributed by atoms with Gasteiger partial charge in [0.05, 0.1) is 5.69 Å². The first-order valence-electron chi connectivity index (χ1n) is 7.33. The maximum atomic E-state index is 6.04. The number of benzene rings is 1. The molecule has 0 aliphatic rings. The summed E-state index contributed by atoms with van der Waals surface area (Å²) in [7, 11) is 0. The Balaban J connectivity index is 2.10. The Morgan fingerprint density at radius 2 is 1.44 bits per heavy atom. The average Bonchev–Trinajstić information content (AvgIpc) is 2.38. The number of aryl methyl sites for hydroxylation is 1. The molecule has 0 aromatic heterocycles. The van der Waals surface area contributed by atoms with Gasteiger partial charge in [0, 0.05) is 6.54 Å². The molecule has 2 N–H and O–H groups in total. The van der Waals surface area contributed by atoms with Crippen molar-refractivity contribution < 1.29 is 0 Å². The van der Waals surface area contributed by atoms with Crippen molar-refractivity contribution in [2.45, 2.75) is 58.8 Å². The Labute approximate surface area is 112 Å². The van der Waals surface area contributed by atoms with Gasteiger partial charge in [-0.1, -0.05) is 63.1 Å². The van der Waals surface area contributed by atoms with Crippen molar-refractivity contribution in [2.75, 3.05) is 11.6 Å². The monoisotopic (exact) mass is 248 g/mol. The Kier molecular flexibility index (Phi) is 7.51. The molecule has 1 aromatic carbocycles. The van der Waals surface area contributed by atoms with E-state index in [1.807, 2.05) is 5.01 Å². The van der Waals surface area contributed by atoms with Crippen molar-refractivity contribution >= 4 is 5.69 Å². The van der Waals surface area contributed by atoms with Crippen molar-refractivity contribution in [2.24, 2.45) is 5.84 Å². The highest BCUT2D eigenvalue weighted by Crippen LogP contribution is 2.13. The Bertz CT molecular complexity index is 305. The quantitative estimate of drug-likeness (QED) is 0.398. The topological polar surface area (TPSA) is 29.3 Å². The number of hydrogen-bond acceptors (Lipinski definition) is 2. The maximum absolute atomic E-state index is 6.04. The lowest BCUT2D eigenvalue weighted by molar-refractivity contribution is 0.585. The number of anilines is 1. The summed E-state index contributed by atoms with van der Waals surface area (Å²) in [5.74, 6) is 6.04. The Morgan fingerprint density at radius 3 is 2.06 bits per heavy atom. The first kappa shape index (κ1) is 15.0. The number of hydrogen-bond donors (Lipinski definition) is 1. The first-order chi connectivity index (χ1) is 8.74. The summed E-state index contributed by atoms with van der Waals surface area (Å²) in [6.07, 6.45) is 9.31. The van der Waals surface area contributed by atoms with E-state index in [1.54, 1.807) is 0 Å². The van der Waals surface area contributed by atoms with Crippen LogP contribution in [0.2, 0.25) is 0 Å². The summed E-state index contributed by atoms with van der Waals surface area (Å²) in [5, 5.41) is 1.87. The molecular formula is C16H28N2. The van der Waals surface area contributed by atoms with Crippen LogP contribution in [-0.2, 0) is 0 Å². The summed E-state index contributed by atoms with van der Waals surface area (Å²) in [4.78, 5) is 0. The second-order valence-electron chi connectivity index (χ2n) is 5.15. The molecule has 0 aliphatic heterocycles. The van der Waals surface area contributed by atoms with Gasteiger partial charge >= 0.3 is 0 Å². The third-order valence-electron chi connectivity index (χ3n) is 3.37. The van der Waals surface area contributed by atoms with Crippen molar-refractivity contribution in [3.05, 3.63) is 29.8 Å². The van der Waals surface area contributed by atoms with Gasteiger partial charge in [-0.05, 0) is 25.5 Å². The van der Waals surface area contributed by atoms with Crippen LogP contribution in [0.15, 0.2) is 24.3 Å². The fourth-order valence-corrected chi connectivity index (χ4v) is 2.10. The SMILES string of the molecule is CCCCCCCCCN(N)c1ccc(C)cc1. The molecule has 0 heterocycles. The largest absolute Gasteiger partial charge is 0.311 e. The van der Waals surface area contributed by atoms with Crippen molar-refractivity contribution in [1.29, 1.82) is 0 Å². The molecular weight excluding hydrogens is 220 g/mol. The highest BCUT2D eigenvalue weighted by atomic mass is 15.4. The number of unbranched alkanes of at least 4 members (excludes halogenated alkanes) is 6. The van der Waals surface area contributed by atoms with E-state index in [2.05, 4.69) is 38.1 Å². The van der Waals surface area contributed by atoms with Crippen LogP contribution in [0.5, 0.6) is 0 Å². The summed E-state index contributed by atoms with van der Waals surface area (Å²) < 4.78 is 0. The minimum absolute atomic E-state index is 0.955. The van der Waals surface area contributed by atoms with E-state index < -0.39 is 0 Å². The first-order valence-corrected chi connectivity index (χ1v) is 7.33. The van der Waals surface area contributed by atoms with Crippen LogP contribution in [0.25, 0.3) is 0 Å². The molecule has 0 saturated heterocycles. The lowest BCUT2D eigenvalue weighted by atomic mass is 10.1. The molecule has 0 aliphatic carbocycles. The number of hydrazine groups is 1. The molecule has 0 bridgehead atoms. The van der Waals surface area contributed by atoms with Crippen LogP contribution in [0.3, 0.4) is 0 Å². The standard InChI is InChI=1S/C16H28N2/c1-3-4-5-6-7-8-9-14-18(17)16-12-10-15(2)11-13-16/h10-13H,3-9,14,17H2,1-2H3. The highest BCUT2D eigenvalue weighted by Gasteiger charge is 2.00. The maximum Gasteiger partial charge on any atom is 0.0517 e. The number of nitrogens with two attached hydrogens (primary N) is 1. The predicted octanol–water partition coefficient (Wildman–Crippen LogP) is 4.43. The molecule has 0 unspecified atom stereocenters. The van der Waals surface area contributed by atoms with Crippen LogP contribution in [-0.4, -0.2) is 6.54 Å². The fourth-order valence-electron chi connectivity index (χ4n) is 2.10. The van der Waals surface area contributed by atoms with E-state index >= 15 is 0 Å². The second kappa shape index (κ2) is 8.98. The van der Waals surface area contributed by atoms with Crippen LogP contribution < -0.4 is 10.9 Å². The lowest BCUT2D eigenvalue weighted by Crippen LogP contribution is -2.31. The van der Waals surface area contributed by atoms with Gasteiger partial charge in [-0.25, -0.2) is 5.84 Å². The lowest BCUT2D eigenvalue weighted by Gasteiger charge is -2.18. The molecule has 0 amide bonds. The van der Waals surface area contributed by atoms with Crippen molar-refractivity contribution in [1.82, 2.24) is 0 Å². The van der Waals surface area contributed by atoms with E-state index in [4.69, 9.17) is 5.84 Å². The van der Waals surface area contributed by atoms with E-state index in [0.717, 1.165) is 12.2 Å². The summed E-state index contributed by atoms with van der Waals surface area (Å²) in [6.45, 7) is 5.31. The van der Waals surface area contributed by atoms with Gasteiger partial charge in [-0.3, -0.25) is 0 Å². The molecule has 102 valence electrons. The molecule has 0 atom stereocenters. The van der Waals surface area contributed by atoms with Gasteiger partial charge in [-0.2, -0.15) is 0 Å². The Hall–Kier alpha value is -1.02. The predicted molar refractivity (Wildman–Crippen MR) is 80.7 cm³/mol. The fraction of sp³-hybridized carbons (Fsp3) is 0.625. The van der Waals surface area contributed by atoms with Crippen molar-refractivity contribution in [3.8, 4) is 0 Å². The zero-order valence-electron chi connectivity index (χ0n) is 12.0. The number of rotatable bonds is 9. The molecule has 0 radical (unpaired) electrons. The van der Waals surface area contributed by atoms with Crippen LogP contribution in [0.1, 0.15) is 57.4 Å². The van der Waals surface area contributed by atoms with E-state index in [0.29, 0.717) is 0 Å². The van der Waals surface area contributed by atoms with Gasteiger partial charge in [-0.15, -0.1) is 0 Å². The van der Waals surface area contributed by atoms with Gasteiger partial charge < -0.3 is 5.01 Å². The third kappa shape index (κ3) is 6.06. The molecule has 1 aromatic rings. The minimum atomic E-state index is 0.955. The molecule has 2 heteroatoms. The van der Waals surface area contributed by atoms with Gasteiger partial charge in [0.15, 0.2) is 0 Å². The summed E-state index contributed by atoms with van der Waals surface area (Å²) in [6, 6.07) is 8.41. The van der Waals surface area contributed by atoms with Gasteiger partial charge in [0.1, 0.15) is 0 Å². The molecule has 18 heavy (non-hydrogen) atoms. The zero-order chi connectivity index (χ0) is 13.2. The molecule has 2 nitrogen and oxygen atoms in total.